The van der Waals surface area contributed by atoms with Gasteiger partial charge in [0.15, 0.2) is 5.79 Å². The quantitative estimate of drug-likeness (QED) is 0.526. The highest BCUT2D eigenvalue weighted by atomic mass is 16.7. The van der Waals surface area contributed by atoms with Gasteiger partial charge in [0.1, 0.15) is 11.9 Å². The molecule has 5 rings (SSSR count). The number of carbonyl (C=O) groups excluding carboxylic acids is 2. The van der Waals surface area contributed by atoms with E-state index in [1.807, 2.05) is 24.3 Å². The van der Waals surface area contributed by atoms with Gasteiger partial charge in [0.25, 0.3) is 0 Å². The average molecular weight is 482 g/mol. The van der Waals surface area contributed by atoms with Crippen molar-refractivity contribution >= 4 is 17.9 Å². The first kappa shape index (κ1) is 24.0. The van der Waals surface area contributed by atoms with E-state index in [0.29, 0.717) is 32.7 Å². The van der Waals surface area contributed by atoms with E-state index in [0.717, 1.165) is 62.1 Å². The molecule has 2 spiro atoms. The van der Waals surface area contributed by atoms with E-state index >= 15 is 0 Å². The van der Waals surface area contributed by atoms with Gasteiger partial charge in [-0.3, -0.25) is 9.59 Å². The van der Waals surface area contributed by atoms with Gasteiger partial charge in [0.05, 0.1) is 18.6 Å². The highest BCUT2D eigenvalue weighted by Crippen LogP contribution is 2.55. The van der Waals surface area contributed by atoms with Crippen LogP contribution in [0.2, 0.25) is 0 Å². The first-order chi connectivity index (χ1) is 17.1. The Balaban J connectivity index is 1.43. The zero-order chi connectivity index (χ0) is 24.1. The molecule has 1 saturated heterocycles. The van der Waals surface area contributed by atoms with Crippen molar-refractivity contribution in [3.8, 4) is 5.75 Å². The van der Waals surface area contributed by atoms with Crippen molar-refractivity contribution in [2.75, 3.05) is 39.4 Å². The number of amides is 2. The van der Waals surface area contributed by atoms with Gasteiger partial charge >= 0.3 is 0 Å². The summed E-state index contributed by atoms with van der Waals surface area (Å²) in [4.78, 5) is 24.9. The van der Waals surface area contributed by atoms with Gasteiger partial charge < -0.3 is 30.2 Å². The maximum absolute atomic E-state index is 12.7. The Bertz CT molecular complexity index is 1000. The molecule has 1 aromatic carbocycles. The third kappa shape index (κ3) is 5.29. The van der Waals surface area contributed by atoms with E-state index in [4.69, 9.17) is 14.2 Å². The van der Waals surface area contributed by atoms with Crippen LogP contribution in [0.25, 0.3) is 6.08 Å². The first-order valence-electron chi connectivity index (χ1n) is 12.8. The number of fused-ring (bicyclic) bond motifs is 1. The minimum atomic E-state index is -0.605. The monoisotopic (exact) mass is 481 g/mol. The molecule has 0 unspecified atom stereocenters. The molecular weight excluding hydrogens is 446 g/mol. The predicted octanol–water partition coefficient (Wildman–Crippen LogP) is 2.19. The normalized spacial score (nSPS) is 31.0. The summed E-state index contributed by atoms with van der Waals surface area (Å²) < 4.78 is 18.4. The van der Waals surface area contributed by atoms with Crippen LogP contribution in [-0.2, 0) is 24.5 Å². The molecule has 2 fully saturated rings. The molecule has 2 bridgehead atoms. The van der Waals surface area contributed by atoms with Gasteiger partial charge in [-0.25, -0.2) is 0 Å². The van der Waals surface area contributed by atoms with Crippen LogP contribution >= 0.6 is 0 Å². The molecule has 8 heteroatoms. The fraction of sp³-hybridized carbons (Fsp3) is 0.556. The molecule has 3 heterocycles. The second kappa shape index (κ2) is 10.5. The Morgan fingerprint density at radius 2 is 1.57 bits per heavy atom. The van der Waals surface area contributed by atoms with E-state index in [1.54, 1.807) is 12.2 Å². The summed E-state index contributed by atoms with van der Waals surface area (Å²) in [5, 5.41) is 9.34. The second-order valence-electron chi connectivity index (χ2n) is 9.77. The van der Waals surface area contributed by atoms with Crippen LogP contribution in [0.5, 0.6) is 5.75 Å². The molecule has 3 N–H and O–H groups in total. The van der Waals surface area contributed by atoms with Crippen molar-refractivity contribution in [2.45, 2.75) is 55.8 Å². The molecule has 0 radical (unpaired) electrons. The smallest absolute Gasteiger partial charge is 0.243 e. The van der Waals surface area contributed by atoms with Gasteiger partial charge in [-0.05, 0) is 68.6 Å². The summed E-state index contributed by atoms with van der Waals surface area (Å²) in [7, 11) is 0. The molecule has 1 aromatic rings. The molecule has 8 nitrogen and oxygen atoms in total. The Hall–Kier alpha value is -2.68. The van der Waals surface area contributed by atoms with E-state index in [2.05, 4.69) is 22.0 Å². The molecule has 35 heavy (non-hydrogen) atoms. The average Bonchev–Trinajstić information content (AvgIpc) is 3.44. The van der Waals surface area contributed by atoms with Crippen LogP contribution in [-0.4, -0.2) is 63.1 Å². The van der Waals surface area contributed by atoms with E-state index in [-0.39, 0.29) is 17.9 Å². The van der Waals surface area contributed by atoms with Crippen molar-refractivity contribution < 1.29 is 23.8 Å². The van der Waals surface area contributed by atoms with Gasteiger partial charge in [-0.2, -0.15) is 0 Å². The minimum Gasteiger partial charge on any atom is -0.489 e. The van der Waals surface area contributed by atoms with Crippen molar-refractivity contribution in [1.29, 1.82) is 0 Å². The van der Waals surface area contributed by atoms with Crippen molar-refractivity contribution in [1.82, 2.24) is 16.0 Å². The lowest BCUT2D eigenvalue weighted by atomic mass is 9.66. The van der Waals surface area contributed by atoms with Crippen molar-refractivity contribution in [3.63, 3.8) is 0 Å². The van der Waals surface area contributed by atoms with Crippen molar-refractivity contribution in [2.24, 2.45) is 0 Å². The summed E-state index contributed by atoms with van der Waals surface area (Å²) in [6.45, 7) is 4.21. The van der Waals surface area contributed by atoms with Crippen LogP contribution in [0, 0.1) is 0 Å². The molecule has 2 amide bonds. The number of carbonyl (C=O) groups is 2. The summed E-state index contributed by atoms with van der Waals surface area (Å²) in [5.74, 6) is 0.0173. The molecule has 4 aliphatic rings. The Morgan fingerprint density at radius 1 is 0.829 bits per heavy atom. The highest BCUT2D eigenvalue weighted by Gasteiger charge is 2.57. The molecule has 0 aromatic heterocycles. The maximum Gasteiger partial charge on any atom is 0.243 e. The maximum atomic E-state index is 12.7. The summed E-state index contributed by atoms with van der Waals surface area (Å²) >= 11 is 0. The second-order valence-corrected chi connectivity index (χ2v) is 9.77. The Kier molecular flexibility index (Phi) is 7.22. The van der Waals surface area contributed by atoms with E-state index in [1.165, 1.54) is 0 Å². The van der Waals surface area contributed by atoms with Crippen LogP contribution in [0.15, 0.2) is 36.4 Å². The number of rotatable bonds is 0. The molecule has 188 valence electrons. The number of hydrogen-bond acceptors (Lipinski definition) is 6. The molecule has 1 aliphatic carbocycles. The highest BCUT2D eigenvalue weighted by molar-refractivity contribution is 5.91. The Labute approximate surface area is 206 Å². The molecule has 2 atom stereocenters. The predicted molar refractivity (Wildman–Crippen MR) is 132 cm³/mol. The lowest BCUT2D eigenvalue weighted by Gasteiger charge is -2.43. The standard InChI is InChI=1S/C27H35N3O5/c31-24-7-5-20-4-6-22-21(18-20)26(10-11-27(19-23(26)35-22)33-16-17-34-27)9-8-25(32)29-14-2-1-12-28-13-3-15-30-24/h4-9,18,23,28H,1-3,10-17,19H2,(H,29,32)(H,30,31)/b7-5-,9-8-/t23-,26-/m1/s1. The molecule has 3 aliphatic heterocycles. The van der Waals surface area contributed by atoms with Crippen LogP contribution in [0.3, 0.4) is 0 Å². The first-order valence-corrected chi connectivity index (χ1v) is 12.8. The van der Waals surface area contributed by atoms with Crippen molar-refractivity contribution in [3.05, 3.63) is 47.6 Å². The number of nitrogens with one attached hydrogen (secondary N) is 3. The number of hydrogen-bond donors (Lipinski definition) is 3. The largest absolute Gasteiger partial charge is 0.489 e. The van der Waals surface area contributed by atoms with Gasteiger partial charge in [-0.1, -0.05) is 12.1 Å². The fourth-order valence-corrected chi connectivity index (χ4v) is 5.54. The van der Waals surface area contributed by atoms with Gasteiger partial charge in [0, 0.05) is 37.6 Å². The lowest BCUT2D eigenvalue weighted by Crippen LogP contribution is -2.50. The zero-order valence-corrected chi connectivity index (χ0v) is 20.1. The van der Waals surface area contributed by atoms with Crippen LogP contribution in [0.1, 0.15) is 49.7 Å². The molecule has 1 saturated carbocycles. The Morgan fingerprint density at radius 3 is 2.43 bits per heavy atom. The molecular formula is C27H35N3O5. The SMILES string of the molecule is O=C1/C=C\[C@]23CCC4(C[C@H]2Oc2ccc(cc23)/C=C\C(=O)NCCCNCCCCN1)OCCO4. The van der Waals surface area contributed by atoms with Crippen LogP contribution in [0.4, 0.5) is 0 Å². The third-order valence-electron chi connectivity index (χ3n) is 7.45. The minimum absolute atomic E-state index is 0.0877. The van der Waals surface area contributed by atoms with Gasteiger partial charge in [-0.15, -0.1) is 0 Å². The van der Waals surface area contributed by atoms with E-state index < -0.39 is 11.2 Å². The number of benzene rings is 1. The number of ether oxygens (including phenoxy) is 3. The summed E-state index contributed by atoms with van der Waals surface area (Å²) in [6.07, 6.45) is 11.7. The van der Waals surface area contributed by atoms with E-state index in [9.17, 15) is 9.59 Å². The van der Waals surface area contributed by atoms with Gasteiger partial charge in [0.2, 0.25) is 11.8 Å². The third-order valence-corrected chi connectivity index (χ3v) is 7.45. The van der Waals surface area contributed by atoms with Crippen LogP contribution < -0.4 is 20.7 Å². The zero-order valence-electron chi connectivity index (χ0n) is 20.1. The topological polar surface area (TPSA) is 97.9 Å². The fourth-order valence-electron chi connectivity index (χ4n) is 5.54. The lowest BCUT2D eigenvalue weighted by molar-refractivity contribution is -0.198. The summed E-state index contributed by atoms with van der Waals surface area (Å²) in [5.41, 5.74) is 1.51. The summed E-state index contributed by atoms with van der Waals surface area (Å²) in [6, 6.07) is 6.00.